The van der Waals surface area contributed by atoms with Crippen LogP contribution in [0.5, 0.6) is 0 Å². The summed E-state index contributed by atoms with van der Waals surface area (Å²) in [6.07, 6.45) is 4.00. The van der Waals surface area contributed by atoms with Crippen molar-refractivity contribution < 1.29 is 22.7 Å². The molecule has 0 bridgehead atoms. The lowest BCUT2D eigenvalue weighted by atomic mass is 9.83. The third kappa shape index (κ3) is 5.12. The fraction of sp³-hybridized carbons (Fsp3) is 0.789. The van der Waals surface area contributed by atoms with E-state index in [9.17, 15) is 18.0 Å². The van der Waals surface area contributed by atoms with Crippen molar-refractivity contribution in [3.05, 3.63) is 11.1 Å². The minimum atomic E-state index is -3.30. The van der Waals surface area contributed by atoms with Crippen LogP contribution < -0.4 is 5.32 Å². The Balaban J connectivity index is 2.03. The van der Waals surface area contributed by atoms with Gasteiger partial charge in [-0.05, 0) is 26.4 Å². The van der Waals surface area contributed by atoms with E-state index in [1.165, 1.54) is 10.6 Å². The lowest BCUT2D eigenvalue weighted by Gasteiger charge is -2.38. The molecule has 0 aromatic rings. The van der Waals surface area contributed by atoms with Gasteiger partial charge in [-0.25, -0.2) is 17.5 Å². The van der Waals surface area contributed by atoms with Crippen molar-refractivity contribution in [3.8, 4) is 0 Å². The molecule has 0 radical (unpaired) electrons. The van der Waals surface area contributed by atoms with E-state index in [-0.39, 0.29) is 19.0 Å². The zero-order valence-electron chi connectivity index (χ0n) is 17.4. The van der Waals surface area contributed by atoms with Gasteiger partial charge in [-0.1, -0.05) is 20.3 Å². The van der Waals surface area contributed by atoms with Gasteiger partial charge in [-0.15, -0.1) is 0 Å². The number of nitrogens with zero attached hydrogens (tertiary/aromatic N) is 2. The molecule has 2 heterocycles. The molecule has 1 amide bonds. The van der Waals surface area contributed by atoms with Gasteiger partial charge in [0.15, 0.2) is 0 Å². The van der Waals surface area contributed by atoms with E-state index in [1.807, 2.05) is 0 Å². The van der Waals surface area contributed by atoms with Crippen molar-refractivity contribution in [2.75, 3.05) is 45.5 Å². The monoisotopic (exact) mass is 415 g/mol. The lowest BCUT2D eigenvalue weighted by Crippen LogP contribution is -2.50. The molecular formula is C19H33N3O5S. The van der Waals surface area contributed by atoms with Crippen LogP contribution in [0.25, 0.3) is 0 Å². The summed E-state index contributed by atoms with van der Waals surface area (Å²) in [6, 6.07) is 0. The molecule has 0 saturated carbocycles. The Kier molecular flexibility index (Phi) is 7.64. The fourth-order valence-electron chi connectivity index (χ4n) is 3.88. The van der Waals surface area contributed by atoms with Gasteiger partial charge < -0.3 is 15.0 Å². The highest BCUT2D eigenvalue weighted by atomic mass is 32.2. The third-order valence-corrected chi connectivity index (χ3v) is 6.94. The van der Waals surface area contributed by atoms with Crippen molar-refractivity contribution >= 4 is 21.9 Å². The van der Waals surface area contributed by atoms with Crippen molar-refractivity contribution in [1.29, 1.82) is 0 Å². The summed E-state index contributed by atoms with van der Waals surface area (Å²) in [5, 5.41) is 2.93. The Hall–Kier alpha value is -1.45. The highest BCUT2D eigenvalue weighted by Crippen LogP contribution is 2.41. The predicted molar refractivity (Wildman–Crippen MR) is 107 cm³/mol. The van der Waals surface area contributed by atoms with Gasteiger partial charge in [-0.3, -0.25) is 4.79 Å². The molecule has 0 atom stereocenters. The van der Waals surface area contributed by atoms with Crippen LogP contribution in [0.2, 0.25) is 0 Å². The SMILES string of the molecule is CCCCN(CC)CCNC(=O)C1=C(C)C(=O)OC12CCN(S(C)(=O)=O)CC2. The van der Waals surface area contributed by atoms with E-state index in [1.54, 1.807) is 6.92 Å². The summed E-state index contributed by atoms with van der Waals surface area (Å²) >= 11 is 0. The quantitative estimate of drug-likeness (QED) is 0.562. The number of amides is 1. The van der Waals surface area contributed by atoms with Crippen LogP contribution in [-0.4, -0.2) is 80.6 Å². The second-order valence-corrected chi connectivity index (χ2v) is 9.57. The highest BCUT2D eigenvalue weighted by molar-refractivity contribution is 7.88. The number of likely N-dealkylation sites (N-methyl/N-ethyl adjacent to an activating group) is 1. The molecule has 2 rings (SSSR count). The standard InChI is InChI=1S/C19H33N3O5S/c1-5-7-11-21(6-2)14-10-20-17(23)16-15(3)18(24)27-19(16)8-12-22(13-9-19)28(4,25)26/h5-14H2,1-4H3,(H,20,23). The number of nitrogens with one attached hydrogen (secondary N) is 1. The third-order valence-electron chi connectivity index (χ3n) is 5.64. The Bertz CT molecular complexity index is 724. The molecule has 1 fully saturated rings. The Morgan fingerprint density at radius 1 is 1.25 bits per heavy atom. The number of piperidine rings is 1. The first-order valence-electron chi connectivity index (χ1n) is 10.0. The van der Waals surface area contributed by atoms with Crippen LogP contribution in [0.4, 0.5) is 0 Å². The topological polar surface area (TPSA) is 96.0 Å². The number of rotatable bonds is 9. The molecule has 0 aromatic carbocycles. The van der Waals surface area contributed by atoms with Crippen LogP contribution in [0.15, 0.2) is 11.1 Å². The number of carbonyl (C=O) groups is 2. The molecule has 1 saturated heterocycles. The maximum atomic E-state index is 12.9. The Labute approximate surface area is 168 Å². The van der Waals surface area contributed by atoms with E-state index in [0.717, 1.165) is 32.5 Å². The molecule has 1 N–H and O–H groups in total. The number of ether oxygens (including phenoxy) is 1. The van der Waals surface area contributed by atoms with E-state index < -0.39 is 21.6 Å². The number of esters is 1. The molecule has 9 heteroatoms. The largest absolute Gasteiger partial charge is 0.450 e. The molecular weight excluding hydrogens is 382 g/mol. The number of unbranched alkanes of at least 4 members (excludes halogenated alkanes) is 1. The van der Waals surface area contributed by atoms with E-state index in [4.69, 9.17) is 4.74 Å². The number of hydrogen-bond donors (Lipinski definition) is 1. The Morgan fingerprint density at radius 3 is 2.43 bits per heavy atom. The summed E-state index contributed by atoms with van der Waals surface area (Å²) in [7, 11) is -3.30. The lowest BCUT2D eigenvalue weighted by molar-refractivity contribution is -0.150. The van der Waals surface area contributed by atoms with Gasteiger partial charge in [0.05, 0.1) is 11.8 Å². The average Bonchev–Trinajstić information content (AvgIpc) is 2.87. The zero-order valence-corrected chi connectivity index (χ0v) is 18.2. The minimum Gasteiger partial charge on any atom is -0.450 e. The molecule has 160 valence electrons. The maximum Gasteiger partial charge on any atom is 0.335 e. The van der Waals surface area contributed by atoms with E-state index in [0.29, 0.717) is 30.5 Å². The number of hydrogen-bond acceptors (Lipinski definition) is 6. The van der Waals surface area contributed by atoms with Crippen molar-refractivity contribution in [2.45, 2.75) is 52.1 Å². The minimum absolute atomic E-state index is 0.233. The maximum absolute atomic E-state index is 12.9. The smallest absolute Gasteiger partial charge is 0.335 e. The van der Waals surface area contributed by atoms with Crippen LogP contribution in [-0.2, 0) is 24.3 Å². The summed E-state index contributed by atoms with van der Waals surface area (Å²) in [6.45, 7) is 9.48. The number of carbonyl (C=O) groups excluding carboxylic acids is 2. The second kappa shape index (κ2) is 9.37. The number of sulfonamides is 1. The van der Waals surface area contributed by atoms with E-state index in [2.05, 4.69) is 24.1 Å². The summed E-state index contributed by atoms with van der Waals surface area (Å²) in [4.78, 5) is 27.4. The van der Waals surface area contributed by atoms with Crippen molar-refractivity contribution in [3.63, 3.8) is 0 Å². The molecule has 0 aromatic heterocycles. The summed E-state index contributed by atoms with van der Waals surface area (Å²) in [5.74, 6) is -0.779. The molecule has 2 aliphatic heterocycles. The first-order chi connectivity index (χ1) is 13.1. The summed E-state index contributed by atoms with van der Waals surface area (Å²) < 4.78 is 30.5. The van der Waals surface area contributed by atoms with Gasteiger partial charge in [0, 0.05) is 44.6 Å². The van der Waals surface area contributed by atoms with E-state index >= 15 is 0 Å². The second-order valence-electron chi connectivity index (χ2n) is 7.59. The molecule has 0 aliphatic carbocycles. The summed E-state index contributed by atoms with van der Waals surface area (Å²) in [5.41, 5.74) is -0.329. The van der Waals surface area contributed by atoms with Gasteiger partial charge in [-0.2, -0.15) is 0 Å². The highest BCUT2D eigenvalue weighted by Gasteiger charge is 2.51. The van der Waals surface area contributed by atoms with Gasteiger partial charge >= 0.3 is 5.97 Å². The van der Waals surface area contributed by atoms with Crippen molar-refractivity contribution in [2.24, 2.45) is 0 Å². The molecule has 1 spiro atoms. The Morgan fingerprint density at radius 2 is 1.89 bits per heavy atom. The first kappa shape index (κ1) is 22.8. The van der Waals surface area contributed by atoms with Crippen molar-refractivity contribution in [1.82, 2.24) is 14.5 Å². The molecule has 28 heavy (non-hydrogen) atoms. The molecule has 0 unspecified atom stereocenters. The average molecular weight is 416 g/mol. The van der Waals surface area contributed by atoms with Gasteiger partial charge in [0.2, 0.25) is 10.0 Å². The zero-order chi connectivity index (χ0) is 20.9. The fourth-order valence-corrected chi connectivity index (χ4v) is 4.73. The molecule has 8 nitrogen and oxygen atoms in total. The normalized spacial score (nSPS) is 20.1. The first-order valence-corrected chi connectivity index (χ1v) is 11.9. The molecule has 2 aliphatic rings. The van der Waals surface area contributed by atoms with Gasteiger partial charge in [0.1, 0.15) is 5.60 Å². The predicted octanol–water partition coefficient (Wildman–Crippen LogP) is 0.892. The van der Waals surface area contributed by atoms with Crippen LogP contribution in [0.1, 0.15) is 46.5 Å². The van der Waals surface area contributed by atoms with Crippen LogP contribution in [0, 0.1) is 0 Å². The van der Waals surface area contributed by atoms with Crippen LogP contribution >= 0.6 is 0 Å². The van der Waals surface area contributed by atoms with Gasteiger partial charge in [0.25, 0.3) is 5.91 Å². The van der Waals surface area contributed by atoms with Crippen LogP contribution in [0.3, 0.4) is 0 Å².